The van der Waals surface area contributed by atoms with Gasteiger partial charge in [0.15, 0.2) is 40.6 Å². The van der Waals surface area contributed by atoms with E-state index in [1.807, 2.05) is 0 Å². The van der Waals surface area contributed by atoms with E-state index < -0.39 is 53.7 Å². The fourth-order valence-corrected chi connectivity index (χ4v) is 2.77. The summed E-state index contributed by atoms with van der Waals surface area (Å²) in [7, 11) is 0. The maximum atomic E-state index is 13.8. The molecule has 0 radical (unpaired) electrons. The molecule has 0 atom stereocenters. The van der Waals surface area contributed by atoms with E-state index in [4.69, 9.17) is 4.74 Å². The zero-order chi connectivity index (χ0) is 24.3. The van der Waals surface area contributed by atoms with Crippen molar-refractivity contribution < 1.29 is 45.0 Å². The monoisotopic (exact) mass is 477 g/mol. The lowest BCUT2D eigenvalue weighted by Crippen LogP contribution is -2.14. The summed E-state index contributed by atoms with van der Waals surface area (Å²) in [6, 6.07) is 4.65. The maximum absolute atomic E-state index is 13.8. The number of hydrogen-bond acceptors (Lipinski definition) is 4. The van der Waals surface area contributed by atoms with E-state index in [1.165, 1.54) is 12.1 Å². The summed E-state index contributed by atoms with van der Waals surface area (Å²) >= 11 is 0. The Morgan fingerprint density at radius 3 is 2.24 bits per heavy atom. The number of carbonyl (C=O) groups excluding carboxylic acids is 1. The van der Waals surface area contributed by atoms with Crippen molar-refractivity contribution in [2.75, 3.05) is 11.9 Å². The van der Waals surface area contributed by atoms with Crippen molar-refractivity contribution in [1.82, 2.24) is 9.78 Å². The molecule has 33 heavy (non-hydrogen) atoms. The van der Waals surface area contributed by atoms with E-state index in [2.05, 4.69) is 15.2 Å². The summed E-state index contributed by atoms with van der Waals surface area (Å²) in [5, 5.41) is 6.15. The van der Waals surface area contributed by atoms with Crippen LogP contribution in [0.1, 0.15) is 22.8 Å². The van der Waals surface area contributed by atoms with Crippen LogP contribution in [0.3, 0.4) is 0 Å². The van der Waals surface area contributed by atoms with E-state index >= 15 is 0 Å². The number of anilines is 1. The number of aromatic nitrogens is 2. The number of ether oxygens (including phenoxy) is 2. The second-order valence-electron chi connectivity index (χ2n) is 6.37. The van der Waals surface area contributed by atoms with Gasteiger partial charge in [-0.3, -0.25) is 9.48 Å². The SMILES string of the molecule is CCOc1cc(C(=O)Nc2ccn(Cc3c(F)c(F)c(F)c(F)c3F)n2)ccc1OC(F)F. The molecule has 2 aromatic carbocycles. The van der Waals surface area contributed by atoms with E-state index in [0.29, 0.717) is 0 Å². The third kappa shape index (κ3) is 5.18. The van der Waals surface area contributed by atoms with Crippen molar-refractivity contribution in [2.24, 2.45) is 0 Å². The van der Waals surface area contributed by atoms with Crippen LogP contribution >= 0.6 is 0 Å². The first kappa shape index (κ1) is 23.9. The molecular formula is C20H14F7N3O3. The summed E-state index contributed by atoms with van der Waals surface area (Å²) in [6.07, 6.45) is 1.14. The van der Waals surface area contributed by atoms with Gasteiger partial charge in [0.05, 0.1) is 18.7 Å². The highest BCUT2D eigenvalue weighted by molar-refractivity contribution is 6.04. The van der Waals surface area contributed by atoms with Gasteiger partial charge in [-0.25, -0.2) is 22.0 Å². The molecule has 13 heteroatoms. The van der Waals surface area contributed by atoms with E-state index in [9.17, 15) is 35.5 Å². The first-order valence-electron chi connectivity index (χ1n) is 9.19. The Morgan fingerprint density at radius 2 is 1.64 bits per heavy atom. The highest BCUT2D eigenvalue weighted by Gasteiger charge is 2.26. The molecule has 1 heterocycles. The maximum Gasteiger partial charge on any atom is 0.387 e. The fourth-order valence-electron chi connectivity index (χ4n) is 2.77. The minimum atomic E-state index is -3.11. The van der Waals surface area contributed by atoms with Crippen LogP contribution in [0.5, 0.6) is 11.5 Å². The molecule has 176 valence electrons. The van der Waals surface area contributed by atoms with Gasteiger partial charge in [0.1, 0.15) is 0 Å². The molecule has 0 saturated carbocycles. The average molecular weight is 477 g/mol. The van der Waals surface area contributed by atoms with Crippen LogP contribution in [0.4, 0.5) is 36.6 Å². The second kappa shape index (κ2) is 9.79. The fraction of sp³-hybridized carbons (Fsp3) is 0.200. The Balaban J connectivity index is 1.78. The van der Waals surface area contributed by atoms with Crippen molar-refractivity contribution >= 4 is 11.7 Å². The number of hydrogen-bond donors (Lipinski definition) is 1. The number of benzene rings is 2. The van der Waals surface area contributed by atoms with Crippen molar-refractivity contribution in [3.8, 4) is 11.5 Å². The standard InChI is InChI=1S/C20H14F7N3O3/c1-2-32-12-7-9(3-4-11(12)33-20(26)27)19(31)28-13-5-6-30(29-13)8-10-14(21)16(23)18(25)17(24)15(10)22/h3-7,20H,2,8H2,1H3,(H,28,29,31). The summed E-state index contributed by atoms with van der Waals surface area (Å²) in [5.74, 6) is -11.7. The molecule has 0 fully saturated rings. The predicted molar refractivity (Wildman–Crippen MR) is 99.8 cm³/mol. The second-order valence-corrected chi connectivity index (χ2v) is 6.37. The van der Waals surface area contributed by atoms with Crippen LogP contribution in [0.2, 0.25) is 0 Å². The Labute approximate surface area is 181 Å². The topological polar surface area (TPSA) is 65.4 Å². The molecule has 3 rings (SSSR count). The van der Waals surface area contributed by atoms with Gasteiger partial charge in [-0.05, 0) is 25.1 Å². The first-order valence-corrected chi connectivity index (χ1v) is 9.19. The van der Waals surface area contributed by atoms with Gasteiger partial charge in [-0.15, -0.1) is 0 Å². The van der Waals surface area contributed by atoms with Crippen molar-refractivity contribution in [3.63, 3.8) is 0 Å². The zero-order valence-electron chi connectivity index (χ0n) is 16.6. The lowest BCUT2D eigenvalue weighted by atomic mass is 10.1. The van der Waals surface area contributed by atoms with Crippen LogP contribution in [-0.2, 0) is 6.54 Å². The number of halogens is 7. The summed E-state index contributed by atoms with van der Waals surface area (Å²) < 4.78 is 103. The molecule has 0 aliphatic heterocycles. The molecular weight excluding hydrogens is 463 g/mol. The van der Waals surface area contributed by atoms with Gasteiger partial charge in [0, 0.05) is 17.8 Å². The molecule has 0 aliphatic carbocycles. The Hall–Kier alpha value is -3.77. The van der Waals surface area contributed by atoms with E-state index in [1.54, 1.807) is 6.92 Å². The summed E-state index contributed by atoms with van der Waals surface area (Å²) in [5.41, 5.74) is -1.13. The third-order valence-electron chi connectivity index (χ3n) is 4.22. The van der Waals surface area contributed by atoms with E-state index in [-0.39, 0.29) is 29.5 Å². The minimum Gasteiger partial charge on any atom is -0.490 e. The predicted octanol–water partition coefficient (Wildman–Crippen LogP) is 4.88. The van der Waals surface area contributed by atoms with Crippen molar-refractivity contribution in [2.45, 2.75) is 20.1 Å². The molecule has 0 spiro atoms. The minimum absolute atomic E-state index is 0.0191. The van der Waals surface area contributed by atoms with E-state index in [0.717, 1.165) is 23.0 Å². The van der Waals surface area contributed by atoms with Gasteiger partial charge in [-0.1, -0.05) is 0 Å². The number of nitrogens with zero attached hydrogens (tertiary/aromatic N) is 2. The normalized spacial score (nSPS) is 11.1. The summed E-state index contributed by atoms with van der Waals surface area (Å²) in [6.45, 7) is -2.22. The zero-order valence-corrected chi connectivity index (χ0v) is 16.6. The highest BCUT2D eigenvalue weighted by Crippen LogP contribution is 2.30. The Kier molecular flexibility index (Phi) is 7.09. The molecule has 1 N–H and O–H groups in total. The molecule has 0 aliphatic rings. The Morgan fingerprint density at radius 1 is 1.00 bits per heavy atom. The molecule has 3 aromatic rings. The number of alkyl halides is 2. The molecule has 0 bridgehead atoms. The van der Waals surface area contributed by atoms with Gasteiger partial charge >= 0.3 is 6.61 Å². The molecule has 0 saturated heterocycles. The van der Waals surface area contributed by atoms with Crippen LogP contribution < -0.4 is 14.8 Å². The number of nitrogens with one attached hydrogen (secondary N) is 1. The van der Waals surface area contributed by atoms with Gasteiger partial charge in [0.2, 0.25) is 5.82 Å². The smallest absolute Gasteiger partial charge is 0.387 e. The Bertz CT molecular complexity index is 1150. The number of carbonyl (C=O) groups is 1. The van der Waals surface area contributed by atoms with Gasteiger partial charge < -0.3 is 14.8 Å². The first-order chi connectivity index (χ1) is 15.6. The van der Waals surface area contributed by atoms with Crippen LogP contribution in [-0.4, -0.2) is 28.9 Å². The number of amides is 1. The van der Waals surface area contributed by atoms with Crippen LogP contribution in [0.25, 0.3) is 0 Å². The van der Waals surface area contributed by atoms with Crippen molar-refractivity contribution in [1.29, 1.82) is 0 Å². The highest BCUT2D eigenvalue weighted by atomic mass is 19.3. The quantitative estimate of drug-likeness (QED) is 0.286. The summed E-state index contributed by atoms with van der Waals surface area (Å²) in [4.78, 5) is 12.4. The van der Waals surface area contributed by atoms with Crippen molar-refractivity contribution in [3.05, 3.63) is 70.7 Å². The van der Waals surface area contributed by atoms with Crippen LogP contribution in [0.15, 0.2) is 30.5 Å². The average Bonchev–Trinajstić information content (AvgIpc) is 3.21. The molecule has 1 aromatic heterocycles. The molecule has 0 unspecified atom stereocenters. The third-order valence-corrected chi connectivity index (χ3v) is 4.22. The lowest BCUT2D eigenvalue weighted by Gasteiger charge is -2.12. The number of rotatable bonds is 8. The largest absolute Gasteiger partial charge is 0.490 e. The lowest BCUT2D eigenvalue weighted by molar-refractivity contribution is -0.0514. The molecule has 6 nitrogen and oxygen atoms in total. The molecule has 1 amide bonds. The van der Waals surface area contributed by atoms with Gasteiger partial charge in [0.25, 0.3) is 5.91 Å². The van der Waals surface area contributed by atoms with Gasteiger partial charge in [-0.2, -0.15) is 13.9 Å². The van der Waals surface area contributed by atoms with Crippen LogP contribution in [0, 0.1) is 29.1 Å².